The fourth-order valence-corrected chi connectivity index (χ4v) is 1.74. The molecular formula is C12H13ClFN3O. The molecule has 18 heavy (non-hydrogen) atoms. The van der Waals surface area contributed by atoms with Gasteiger partial charge in [0.1, 0.15) is 5.82 Å². The molecule has 2 aromatic rings. The van der Waals surface area contributed by atoms with E-state index >= 15 is 0 Å². The van der Waals surface area contributed by atoms with Gasteiger partial charge in [0, 0.05) is 18.3 Å². The number of rotatable bonds is 5. The maximum atomic E-state index is 13.0. The number of halogens is 2. The summed E-state index contributed by atoms with van der Waals surface area (Å²) in [6.45, 7) is 1.000. The molecule has 0 unspecified atom stereocenters. The van der Waals surface area contributed by atoms with E-state index in [0.29, 0.717) is 23.8 Å². The Bertz CT molecular complexity index is 530. The number of hydrogen-bond acceptors (Lipinski definition) is 3. The normalized spacial score (nSPS) is 10.6. The van der Waals surface area contributed by atoms with Crippen LogP contribution in [-0.2, 0) is 13.1 Å². The Morgan fingerprint density at radius 2 is 2.28 bits per heavy atom. The molecule has 2 N–H and O–H groups in total. The Balaban J connectivity index is 1.99. The molecule has 0 amide bonds. The molecule has 0 aliphatic heterocycles. The number of hydrogen-bond donors (Lipinski definition) is 2. The first-order valence-corrected chi connectivity index (χ1v) is 5.88. The van der Waals surface area contributed by atoms with Crippen LogP contribution in [0.3, 0.4) is 0 Å². The smallest absolute Gasteiger partial charge is 0.125 e. The van der Waals surface area contributed by atoms with Crippen molar-refractivity contribution in [1.29, 1.82) is 0 Å². The van der Waals surface area contributed by atoms with E-state index < -0.39 is 0 Å². The average molecular weight is 270 g/mol. The summed E-state index contributed by atoms with van der Waals surface area (Å²) in [5, 5.41) is 16.3. The monoisotopic (exact) mass is 269 g/mol. The standard InChI is InChI=1S/C12H13ClFN3O/c13-11-2-1-10(14)5-12(11)15-6-9-7-16-17(8-9)3-4-18/h1-2,5,7-8,15,18H,3-4,6H2. The fraction of sp³-hybridized carbons (Fsp3) is 0.250. The minimum atomic E-state index is -0.335. The minimum Gasteiger partial charge on any atom is -0.394 e. The van der Waals surface area contributed by atoms with Gasteiger partial charge in [-0.05, 0) is 18.2 Å². The lowest BCUT2D eigenvalue weighted by Crippen LogP contribution is -2.02. The van der Waals surface area contributed by atoms with Gasteiger partial charge < -0.3 is 10.4 Å². The summed E-state index contributed by atoms with van der Waals surface area (Å²) in [4.78, 5) is 0. The van der Waals surface area contributed by atoms with Crippen molar-refractivity contribution in [2.45, 2.75) is 13.1 Å². The van der Waals surface area contributed by atoms with Crippen molar-refractivity contribution >= 4 is 17.3 Å². The lowest BCUT2D eigenvalue weighted by Gasteiger charge is -2.06. The van der Waals surface area contributed by atoms with Crippen molar-refractivity contribution < 1.29 is 9.50 Å². The van der Waals surface area contributed by atoms with Crippen molar-refractivity contribution in [1.82, 2.24) is 9.78 Å². The van der Waals surface area contributed by atoms with Gasteiger partial charge in [0.2, 0.25) is 0 Å². The molecule has 0 bridgehead atoms. The van der Waals surface area contributed by atoms with Gasteiger partial charge in [0.15, 0.2) is 0 Å². The van der Waals surface area contributed by atoms with E-state index in [9.17, 15) is 4.39 Å². The topological polar surface area (TPSA) is 50.1 Å². The number of nitrogens with zero attached hydrogens (tertiary/aromatic N) is 2. The predicted molar refractivity (Wildman–Crippen MR) is 68.0 cm³/mol. The molecule has 0 saturated carbocycles. The first-order chi connectivity index (χ1) is 8.69. The summed E-state index contributed by atoms with van der Waals surface area (Å²) in [6.07, 6.45) is 3.51. The summed E-state index contributed by atoms with van der Waals surface area (Å²) in [6, 6.07) is 4.17. The van der Waals surface area contributed by atoms with Crippen LogP contribution in [0, 0.1) is 5.82 Å². The van der Waals surface area contributed by atoms with Crippen LogP contribution in [0.4, 0.5) is 10.1 Å². The van der Waals surface area contributed by atoms with Crippen LogP contribution >= 0.6 is 11.6 Å². The van der Waals surface area contributed by atoms with Crippen LogP contribution in [0.2, 0.25) is 5.02 Å². The third-order valence-electron chi connectivity index (χ3n) is 2.43. The van der Waals surface area contributed by atoms with Crippen molar-refractivity contribution in [2.24, 2.45) is 0 Å². The second kappa shape index (κ2) is 5.84. The van der Waals surface area contributed by atoms with Crippen molar-refractivity contribution in [3.63, 3.8) is 0 Å². The number of aliphatic hydroxyl groups excluding tert-OH is 1. The van der Waals surface area contributed by atoms with Crippen LogP contribution in [-0.4, -0.2) is 21.5 Å². The summed E-state index contributed by atoms with van der Waals surface area (Å²) >= 11 is 5.93. The number of anilines is 1. The molecule has 1 heterocycles. The molecule has 6 heteroatoms. The highest BCUT2D eigenvalue weighted by Gasteiger charge is 2.03. The van der Waals surface area contributed by atoms with Crippen LogP contribution in [0.25, 0.3) is 0 Å². The van der Waals surface area contributed by atoms with E-state index in [1.54, 1.807) is 10.9 Å². The zero-order valence-electron chi connectivity index (χ0n) is 9.61. The van der Waals surface area contributed by atoms with Crippen LogP contribution in [0.15, 0.2) is 30.6 Å². The predicted octanol–water partition coefficient (Wildman–Crippen LogP) is 2.28. The van der Waals surface area contributed by atoms with Gasteiger partial charge in [0.25, 0.3) is 0 Å². The summed E-state index contributed by atoms with van der Waals surface area (Å²) < 4.78 is 14.7. The third-order valence-corrected chi connectivity index (χ3v) is 2.76. The van der Waals surface area contributed by atoms with Gasteiger partial charge in [-0.2, -0.15) is 5.10 Å². The zero-order chi connectivity index (χ0) is 13.0. The van der Waals surface area contributed by atoms with Crippen LogP contribution in [0.1, 0.15) is 5.56 Å². The van der Waals surface area contributed by atoms with E-state index in [1.807, 2.05) is 6.20 Å². The maximum absolute atomic E-state index is 13.0. The maximum Gasteiger partial charge on any atom is 0.125 e. The Labute approximate surface area is 109 Å². The second-order valence-corrected chi connectivity index (χ2v) is 4.22. The second-order valence-electron chi connectivity index (χ2n) is 3.81. The van der Waals surface area contributed by atoms with Crippen molar-refractivity contribution in [2.75, 3.05) is 11.9 Å². The molecule has 1 aromatic carbocycles. The molecule has 0 fully saturated rings. The van der Waals surface area contributed by atoms with Crippen LogP contribution in [0.5, 0.6) is 0 Å². The quantitative estimate of drug-likeness (QED) is 0.876. The van der Waals surface area contributed by atoms with Crippen molar-refractivity contribution in [3.05, 3.63) is 47.0 Å². The number of aliphatic hydroxyl groups is 1. The molecule has 0 aliphatic rings. The van der Waals surface area contributed by atoms with E-state index in [0.717, 1.165) is 5.56 Å². The van der Waals surface area contributed by atoms with Gasteiger partial charge >= 0.3 is 0 Å². The number of benzene rings is 1. The van der Waals surface area contributed by atoms with E-state index in [1.165, 1.54) is 18.2 Å². The molecule has 2 rings (SSSR count). The summed E-state index contributed by atoms with van der Waals surface area (Å²) in [5.41, 5.74) is 1.48. The van der Waals surface area contributed by atoms with E-state index in [-0.39, 0.29) is 12.4 Å². The van der Waals surface area contributed by atoms with E-state index in [2.05, 4.69) is 10.4 Å². The summed E-state index contributed by atoms with van der Waals surface area (Å²) in [7, 11) is 0. The number of aromatic nitrogens is 2. The molecule has 4 nitrogen and oxygen atoms in total. The lowest BCUT2D eigenvalue weighted by molar-refractivity contribution is 0.269. The highest BCUT2D eigenvalue weighted by atomic mass is 35.5. The molecule has 96 valence electrons. The molecule has 0 atom stereocenters. The molecule has 0 spiro atoms. The Morgan fingerprint density at radius 3 is 3.06 bits per heavy atom. The average Bonchev–Trinajstić information content (AvgIpc) is 2.79. The molecule has 0 saturated heterocycles. The first kappa shape index (κ1) is 12.9. The number of nitrogens with one attached hydrogen (secondary N) is 1. The molecular weight excluding hydrogens is 257 g/mol. The van der Waals surface area contributed by atoms with Gasteiger partial charge in [-0.1, -0.05) is 11.6 Å². The van der Waals surface area contributed by atoms with Crippen LogP contribution < -0.4 is 5.32 Å². The highest BCUT2D eigenvalue weighted by Crippen LogP contribution is 2.22. The van der Waals surface area contributed by atoms with E-state index in [4.69, 9.17) is 16.7 Å². The molecule has 0 radical (unpaired) electrons. The largest absolute Gasteiger partial charge is 0.394 e. The van der Waals surface area contributed by atoms with Gasteiger partial charge in [-0.25, -0.2) is 4.39 Å². The highest BCUT2D eigenvalue weighted by molar-refractivity contribution is 6.33. The summed E-state index contributed by atoms with van der Waals surface area (Å²) in [5.74, 6) is -0.335. The van der Waals surface area contributed by atoms with Crippen molar-refractivity contribution in [3.8, 4) is 0 Å². The first-order valence-electron chi connectivity index (χ1n) is 5.50. The Kier molecular flexibility index (Phi) is 4.17. The van der Waals surface area contributed by atoms with Gasteiger partial charge in [0.05, 0.1) is 30.1 Å². The fourth-order valence-electron chi connectivity index (χ4n) is 1.55. The molecule has 1 aromatic heterocycles. The van der Waals surface area contributed by atoms with Gasteiger partial charge in [-0.15, -0.1) is 0 Å². The Hall–Kier alpha value is -1.59. The minimum absolute atomic E-state index is 0.0459. The van der Waals surface area contributed by atoms with Gasteiger partial charge in [-0.3, -0.25) is 4.68 Å². The zero-order valence-corrected chi connectivity index (χ0v) is 10.4. The Morgan fingerprint density at radius 1 is 1.44 bits per heavy atom. The lowest BCUT2D eigenvalue weighted by atomic mass is 10.3. The third kappa shape index (κ3) is 3.21. The molecule has 0 aliphatic carbocycles. The SMILES string of the molecule is OCCn1cc(CNc2cc(F)ccc2Cl)cn1.